The molecule has 0 bridgehead atoms. The summed E-state index contributed by atoms with van der Waals surface area (Å²) in [5.74, 6) is 0. The van der Waals surface area contributed by atoms with E-state index < -0.39 is 0 Å². The lowest BCUT2D eigenvalue weighted by Gasteiger charge is -2.16. The molecule has 50 valence electrons. The Hall–Kier alpha value is -0.140. The summed E-state index contributed by atoms with van der Waals surface area (Å²) in [6, 6.07) is 0. The number of rotatable bonds is 0. The van der Waals surface area contributed by atoms with Crippen molar-refractivity contribution in [3.63, 3.8) is 0 Å². The standard InChI is InChI=1S/C6H7Cl2N/c1-5-3-2-4-9(8)6(5)7/h2-3H,4H2,1H3. The quantitative estimate of drug-likeness (QED) is 0.392. The third kappa shape index (κ3) is 1.41. The number of halogens is 2. The number of allylic oxidation sites excluding steroid dienone is 2. The van der Waals surface area contributed by atoms with E-state index in [-0.39, 0.29) is 0 Å². The van der Waals surface area contributed by atoms with Gasteiger partial charge in [0.05, 0.1) is 6.54 Å². The van der Waals surface area contributed by atoms with Crippen molar-refractivity contribution >= 4 is 23.4 Å². The molecule has 0 radical (unpaired) electrons. The van der Waals surface area contributed by atoms with E-state index in [1.54, 1.807) is 0 Å². The van der Waals surface area contributed by atoms with Crippen LogP contribution in [0.3, 0.4) is 0 Å². The van der Waals surface area contributed by atoms with Crippen LogP contribution in [0.2, 0.25) is 0 Å². The van der Waals surface area contributed by atoms with Gasteiger partial charge < -0.3 is 0 Å². The van der Waals surface area contributed by atoms with E-state index in [4.69, 9.17) is 23.4 Å². The van der Waals surface area contributed by atoms with Crippen molar-refractivity contribution in [3.05, 3.63) is 22.9 Å². The van der Waals surface area contributed by atoms with Gasteiger partial charge in [-0.25, -0.2) is 0 Å². The minimum absolute atomic E-state index is 0.624. The first-order valence-corrected chi connectivity index (χ1v) is 3.39. The summed E-state index contributed by atoms with van der Waals surface area (Å²) in [7, 11) is 0. The summed E-state index contributed by atoms with van der Waals surface area (Å²) in [5.41, 5.74) is 1.01. The van der Waals surface area contributed by atoms with Crippen LogP contribution in [-0.4, -0.2) is 11.0 Å². The maximum absolute atomic E-state index is 5.74. The fraction of sp³-hybridized carbons (Fsp3) is 0.333. The molecule has 0 atom stereocenters. The highest BCUT2D eigenvalue weighted by Gasteiger charge is 2.07. The number of hydrogen-bond acceptors (Lipinski definition) is 1. The van der Waals surface area contributed by atoms with Crippen LogP contribution in [0.1, 0.15) is 6.92 Å². The topological polar surface area (TPSA) is 3.24 Å². The zero-order chi connectivity index (χ0) is 6.85. The lowest BCUT2D eigenvalue weighted by atomic mass is 10.2. The maximum Gasteiger partial charge on any atom is 0.122 e. The second kappa shape index (κ2) is 2.63. The van der Waals surface area contributed by atoms with Crippen molar-refractivity contribution in [3.8, 4) is 0 Å². The number of nitrogens with zero attached hydrogens (tertiary/aromatic N) is 1. The van der Waals surface area contributed by atoms with Crippen LogP contribution in [0.5, 0.6) is 0 Å². The van der Waals surface area contributed by atoms with Crippen LogP contribution in [0.25, 0.3) is 0 Å². The number of hydrogen-bond donors (Lipinski definition) is 0. The summed E-state index contributed by atoms with van der Waals surface area (Å²) in [5, 5.41) is 0.624. The van der Waals surface area contributed by atoms with Gasteiger partial charge in [-0.3, -0.25) is 4.42 Å². The van der Waals surface area contributed by atoms with Gasteiger partial charge in [0.15, 0.2) is 0 Å². The smallest absolute Gasteiger partial charge is 0.122 e. The summed E-state index contributed by atoms with van der Waals surface area (Å²) in [6.07, 6.45) is 3.93. The Morgan fingerprint density at radius 2 is 2.33 bits per heavy atom. The Kier molecular flexibility index (Phi) is 2.04. The summed E-state index contributed by atoms with van der Waals surface area (Å²) < 4.78 is 1.48. The van der Waals surface area contributed by atoms with Gasteiger partial charge in [0.1, 0.15) is 5.16 Å². The molecule has 1 heterocycles. The van der Waals surface area contributed by atoms with E-state index >= 15 is 0 Å². The third-order valence-electron chi connectivity index (χ3n) is 1.17. The molecular weight excluding hydrogens is 157 g/mol. The van der Waals surface area contributed by atoms with Crippen molar-refractivity contribution in [2.75, 3.05) is 6.54 Å². The third-order valence-corrected chi connectivity index (χ3v) is 2.07. The van der Waals surface area contributed by atoms with Gasteiger partial charge in [0.25, 0.3) is 0 Å². The molecule has 0 amide bonds. The first-order valence-electron chi connectivity index (χ1n) is 2.68. The van der Waals surface area contributed by atoms with E-state index in [0.29, 0.717) is 11.7 Å². The fourth-order valence-corrected chi connectivity index (χ4v) is 1.01. The highest BCUT2D eigenvalue weighted by Crippen LogP contribution is 2.21. The van der Waals surface area contributed by atoms with Crippen LogP contribution < -0.4 is 0 Å². The van der Waals surface area contributed by atoms with Crippen molar-refractivity contribution in [2.45, 2.75) is 6.92 Å². The van der Waals surface area contributed by atoms with E-state index in [1.807, 2.05) is 19.1 Å². The molecule has 0 aromatic carbocycles. The Morgan fingerprint density at radius 3 is 2.78 bits per heavy atom. The molecule has 3 heteroatoms. The minimum Gasteiger partial charge on any atom is -0.271 e. The molecular formula is C6H7Cl2N. The van der Waals surface area contributed by atoms with Gasteiger partial charge in [-0.1, -0.05) is 23.8 Å². The van der Waals surface area contributed by atoms with Gasteiger partial charge in [-0.05, 0) is 12.5 Å². The second-order valence-corrected chi connectivity index (χ2v) is 2.69. The van der Waals surface area contributed by atoms with Crippen molar-refractivity contribution in [1.82, 2.24) is 4.42 Å². The van der Waals surface area contributed by atoms with E-state index in [0.717, 1.165) is 5.57 Å². The largest absolute Gasteiger partial charge is 0.271 e. The Bertz CT molecular complexity index is 172. The first kappa shape index (κ1) is 6.97. The fourth-order valence-electron chi connectivity index (χ4n) is 0.662. The molecule has 0 saturated heterocycles. The molecule has 0 spiro atoms. The van der Waals surface area contributed by atoms with Crippen molar-refractivity contribution in [1.29, 1.82) is 0 Å². The van der Waals surface area contributed by atoms with Crippen molar-refractivity contribution < 1.29 is 0 Å². The average Bonchev–Trinajstić information content (AvgIpc) is 1.83. The first-order chi connectivity index (χ1) is 4.22. The molecule has 9 heavy (non-hydrogen) atoms. The van der Waals surface area contributed by atoms with Crippen LogP contribution >= 0.6 is 23.4 Å². The maximum atomic E-state index is 5.74. The highest BCUT2D eigenvalue weighted by atomic mass is 35.5. The molecule has 1 aliphatic rings. The van der Waals surface area contributed by atoms with E-state index in [1.165, 1.54) is 4.42 Å². The Labute approximate surface area is 64.7 Å². The van der Waals surface area contributed by atoms with Crippen molar-refractivity contribution in [2.24, 2.45) is 0 Å². The zero-order valence-electron chi connectivity index (χ0n) is 5.06. The van der Waals surface area contributed by atoms with Crippen LogP contribution in [0.4, 0.5) is 0 Å². The van der Waals surface area contributed by atoms with Crippen LogP contribution in [-0.2, 0) is 0 Å². The van der Waals surface area contributed by atoms with Gasteiger partial charge in [-0.15, -0.1) is 0 Å². The highest BCUT2D eigenvalue weighted by molar-refractivity contribution is 6.33. The lowest BCUT2D eigenvalue weighted by molar-refractivity contribution is 0.643. The van der Waals surface area contributed by atoms with Gasteiger partial charge in [0, 0.05) is 11.8 Å². The van der Waals surface area contributed by atoms with Gasteiger partial charge in [-0.2, -0.15) is 0 Å². The lowest BCUT2D eigenvalue weighted by Crippen LogP contribution is -2.11. The van der Waals surface area contributed by atoms with E-state index in [2.05, 4.69) is 0 Å². The molecule has 0 aromatic rings. The molecule has 0 fully saturated rings. The molecule has 0 aliphatic carbocycles. The second-order valence-electron chi connectivity index (χ2n) is 1.92. The van der Waals surface area contributed by atoms with Crippen LogP contribution in [0.15, 0.2) is 22.9 Å². The molecule has 1 aliphatic heterocycles. The van der Waals surface area contributed by atoms with Crippen LogP contribution in [0, 0.1) is 0 Å². The minimum atomic E-state index is 0.624. The molecule has 0 saturated carbocycles. The van der Waals surface area contributed by atoms with Gasteiger partial charge >= 0.3 is 0 Å². The molecule has 1 nitrogen and oxygen atoms in total. The monoisotopic (exact) mass is 163 g/mol. The predicted molar refractivity (Wildman–Crippen MR) is 40.3 cm³/mol. The molecule has 0 unspecified atom stereocenters. The molecule has 1 rings (SSSR count). The summed E-state index contributed by atoms with van der Waals surface area (Å²) >= 11 is 11.4. The summed E-state index contributed by atoms with van der Waals surface area (Å²) in [6.45, 7) is 2.62. The molecule has 0 aromatic heterocycles. The SMILES string of the molecule is CC1=C(Cl)N(Cl)CC=C1. The Morgan fingerprint density at radius 1 is 1.67 bits per heavy atom. The van der Waals surface area contributed by atoms with E-state index in [9.17, 15) is 0 Å². The molecule has 0 N–H and O–H groups in total. The Balaban J connectivity index is 2.83. The average molecular weight is 164 g/mol. The normalized spacial score (nSPS) is 19.2. The van der Waals surface area contributed by atoms with Gasteiger partial charge in [0.2, 0.25) is 0 Å². The zero-order valence-corrected chi connectivity index (χ0v) is 6.58. The predicted octanol–water partition coefficient (Wildman–Crippen LogP) is 2.48. The summed E-state index contributed by atoms with van der Waals surface area (Å²) in [4.78, 5) is 0.